The summed E-state index contributed by atoms with van der Waals surface area (Å²) < 4.78 is 2.39. The van der Waals surface area contributed by atoms with E-state index in [4.69, 9.17) is 0 Å². The molecule has 0 saturated heterocycles. The van der Waals surface area contributed by atoms with Crippen LogP contribution < -0.4 is 5.32 Å². The van der Waals surface area contributed by atoms with Crippen LogP contribution in [0.2, 0.25) is 0 Å². The van der Waals surface area contributed by atoms with Crippen LogP contribution in [0.15, 0.2) is 200 Å². The van der Waals surface area contributed by atoms with Gasteiger partial charge in [-0.05, 0) is 85.4 Å². The molecule has 10 aromatic carbocycles. The van der Waals surface area contributed by atoms with E-state index in [1.165, 1.54) is 81.6 Å². The second kappa shape index (κ2) is 12.2. The van der Waals surface area contributed by atoms with Crippen molar-refractivity contribution in [2.75, 3.05) is 5.32 Å². The van der Waals surface area contributed by atoms with Gasteiger partial charge in [0.25, 0.3) is 0 Å². The average molecular weight is 687 g/mol. The molecule has 0 aliphatic carbocycles. The summed E-state index contributed by atoms with van der Waals surface area (Å²) in [6, 6.07) is 72.8. The Kier molecular flexibility index (Phi) is 6.90. The van der Waals surface area contributed by atoms with Crippen molar-refractivity contribution in [2.24, 2.45) is 0 Å². The molecule has 11 rings (SSSR count). The highest BCUT2D eigenvalue weighted by Crippen LogP contribution is 2.47. The van der Waals surface area contributed by atoms with E-state index in [9.17, 15) is 0 Å². The van der Waals surface area contributed by atoms with E-state index in [-0.39, 0.29) is 0 Å². The van der Waals surface area contributed by atoms with Crippen molar-refractivity contribution >= 4 is 76.3 Å². The van der Waals surface area contributed by atoms with Crippen LogP contribution in [0.5, 0.6) is 0 Å². The number of fused-ring (bicyclic) bond motifs is 8. The zero-order valence-electron chi connectivity index (χ0n) is 29.5. The van der Waals surface area contributed by atoms with Gasteiger partial charge in [-0.2, -0.15) is 0 Å². The van der Waals surface area contributed by atoms with Crippen molar-refractivity contribution in [3.63, 3.8) is 0 Å². The largest absolute Gasteiger partial charge is 0.354 e. The lowest BCUT2D eigenvalue weighted by molar-refractivity contribution is 1.18. The number of anilines is 2. The quantitative estimate of drug-likeness (QED) is 0.141. The highest BCUT2D eigenvalue weighted by atomic mass is 15.0. The maximum Gasteiger partial charge on any atom is 0.0547 e. The Hall–Kier alpha value is -7.16. The van der Waals surface area contributed by atoms with Crippen molar-refractivity contribution in [1.29, 1.82) is 0 Å². The molecule has 0 aliphatic heterocycles. The third kappa shape index (κ3) is 4.67. The maximum absolute atomic E-state index is 4.02. The van der Waals surface area contributed by atoms with Gasteiger partial charge in [-0.1, -0.05) is 164 Å². The van der Waals surface area contributed by atoms with Gasteiger partial charge in [0.2, 0.25) is 0 Å². The number of hydrogen-bond donors (Lipinski definition) is 1. The average Bonchev–Trinajstić information content (AvgIpc) is 3.57. The summed E-state index contributed by atoms with van der Waals surface area (Å²) in [6.07, 6.45) is 0. The Morgan fingerprint density at radius 2 is 0.889 bits per heavy atom. The fourth-order valence-corrected chi connectivity index (χ4v) is 8.79. The number of nitrogens with one attached hydrogen (secondary N) is 1. The summed E-state index contributed by atoms with van der Waals surface area (Å²) in [5, 5.41) is 16.4. The molecule has 1 heterocycles. The molecule has 2 nitrogen and oxygen atoms in total. The Bertz CT molecular complexity index is 3190. The molecule has 0 unspecified atom stereocenters. The lowest BCUT2D eigenvalue weighted by Gasteiger charge is -2.21. The van der Waals surface area contributed by atoms with Gasteiger partial charge in [-0.25, -0.2) is 0 Å². The van der Waals surface area contributed by atoms with E-state index in [2.05, 4.69) is 210 Å². The molecular formula is C52H34N2. The second-order valence-electron chi connectivity index (χ2n) is 14.1. The van der Waals surface area contributed by atoms with Crippen molar-refractivity contribution < 1.29 is 0 Å². The first kappa shape index (κ1) is 30.5. The number of aromatic nitrogens is 1. The standard InChI is InChI=1S/C52H34N2/c1-2-17-36(18-3-1)54-49-29-15-13-23-41(49)42-31-30-35(33-50(42)54)38-20-12-14-28-48(38)53-52-45-26-10-8-24-43(45)51(44-25-9-11-27-46(44)52)47-32-34-16-4-5-19-37(34)39-21-6-7-22-40(39)47/h1-33,53H. The van der Waals surface area contributed by atoms with Crippen LogP contribution in [0, 0.1) is 0 Å². The van der Waals surface area contributed by atoms with Crippen molar-refractivity contribution in [2.45, 2.75) is 0 Å². The highest BCUT2D eigenvalue weighted by molar-refractivity contribution is 6.25. The SMILES string of the molecule is c1ccc(-n2c3ccccc3c3ccc(-c4ccccc4Nc4c5ccccc5c(-c5cc6ccccc6c6ccccc56)c5ccccc45)cc32)cc1. The summed E-state index contributed by atoms with van der Waals surface area (Å²) in [5.74, 6) is 0. The van der Waals surface area contributed by atoms with E-state index in [0.717, 1.165) is 22.6 Å². The molecule has 2 heteroatoms. The Morgan fingerprint density at radius 3 is 1.65 bits per heavy atom. The van der Waals surface area contributed by atoms with Gasteiger partial charge in [-0.3, -0.25) is 0 Å². The number of benzene rings is 10. The van der Waals surface area contributed by atoms with Crippen LogP contribution in [0.25, 0.3) is 92.8 Å². The zero-order chi connectivity index (χ0) is 35.6. The number of hydrogen-bond acceptors (Lipinski definition) is 1. The van der Waals surface area contributed by atoms with E-state index < -0.39 is 0 Å². The molecule has 0 fully saturated rings. The molecule has 0 bridgehead atoms. The molecule has 0 aliphatic rings. The molecule has 11 aromatic rings. The molecule has 0 saturated carbocycles. The van der Waals surface area contributed by atoms with Gasteiger partial charge >= 0.3 is 0 Å². The third-order valence-corrected chi connectivity index (χ3v) is 11.2. The summed E-state index contributed by atoms with van der Waals surface area (Å²) >= 11 is 0. The Labute approximate surface area is 313 Å². The van der Waals surface area contributed by atoms with Gasteiger partial charge in [0, 0.05) is 38.5 Å². The molecule has 0 spiro atoms. The van der Waals surface area contributed by atoms with E-state index in [1.54, 1.807) is 0 Å². The molecular weight excluding hydrogens is 653 g/mol. The van der Waals surface area contributed by atoms with Crippen molar-refractivity contribution in [3.8, 4) is 27.9 Å². The molecule has 1 N–H and O–H groups in total. The van der Waals surface area contributed by atoms with Gasteiger partial charge < -0.3 is 9.88 Å². The number of rotatable bonds is 5. The van der Waals surface area contributed by atoms with Gasteiger partial charge in [0.15, 0.2) is 0 Å². The van der Waals surface area contributed by atoms with E-state index in [1.807, 2.05) is 0 Å². The summed E-state index contributed by atoms with van der Waals surface area (Å²) in [5.41, 5.74) is 10.6. The third-order valence-electron chi connectivity index (χ3n) is 11.2. The predicted molar refractivity (Wildman–Crippen MR) is 231 cm³/mol. The maximum atomic E-state index is 4.02. The summed E-state index contributed by atoms with van der Waals surface area (Å²) in [4.78, 5) is 0. The number of para-hydroxylation sites is 3. The van der Waals surface area contributed by atoms with Crippen LogP contribution in [0.1, 0.15) is 0 Å². The topological polar surface area (TPSA) is 17.0 Å². The normalized spacial score (nSPS) is 11.7. The van der Waals surface area contributed by atoms with Crippen LogP contribution >= 0.6 is 0 Å². The first-order valence-corrected chi connectivity index (χ1v) is 18.6. The minimum atomic E-state index is 1.07. The summed E-state index contributed by atoms with van der Waals surface area (Å²) in [6.45, 7) is 0. The fourth-order valence-electron chi connectivity index (χ4n) is 8.79. The van der Waals surface area contributed by atoms with Crippen molar-refractivity contribution in [1.82, 2.24) is 4.57 Å². The first-order chi connectivity index (χ1) is 26.8. The van der Waals surface area contributed by atoms with Crippen LogP contribution in [-0.2, 0) is 0 Å². The second-order valence-corrected chi connectivity index (χ2v) is 14.1. The number of nitrogens with zero attached hydrogens (tertiary/aromatic N) is 1. The fraction of sp³-hybridized carbons (Fsp3) is 0. The van der Waals surface area contributed by atoms with Crippen LogP contribution in [0.3, 0.4) is 0 Å². The molecule has 0 radical (unpaired) electrons. The molecule has 252 valence electrons. The Morgan fingerprint density at radius 1 is 0.333 bits per heavy atom. The van der Waals surface area contributed by atoms with Crippen LogP contribution in [0.4, 0.5) is 11.4 Å². The van der Waals surface area contributed by atoms with Crippen molar-refractivity contribution in [3.05, 3.63) is 200 Å². The molecule has 0 atom stereocenters. The van der Waals surface area contributed by atoms with E-state index >= 15 is 0 Å². The first-order valence-electron chi connectivity index (χ1n) is 18.6. The van der Waals surface area contributed by atoms with Gasteiger partial charge in [0.1, 0.15) is 0 Å². The monoisotopic (exact) mass is 686 g/mol. The van der Waals surface area contributed by atoms with E-state index in [0.29, 0.717) is 0 Å². The summed E-state index contributed by atoms with van der Waals surface area (Å²) in [7, 11) is 0. The predicted octanol–water partition coefficient (Wildman–Crippen LogP) is 14.5. The van der Waals surface area contributed by atoms with Crippen LogP contribution in [-0.4, -0.2) is 4.57 Å². The molecule has 54 heavy (non-hydrogen) atoms. The molecule has 1 aromatic heterocycles. The smallest absolute Gasteiger partial charge is 0.0547 e. The van der Waals surface area contributed by atoms with Gasteiger partial charge in [-0.15, -0.1) is 0 Å². The minimum absolute atomic E-state index is 1.07. The molecule has 0 amide bonds. The van der Waals surface area contributed by atoms with Gasteiger partial charge in [0.05, 0.1) is 16.7 Å². The highest BCUT2D eigenvalue weighted by Gasteiger charge is 2.20. The Balaban J connectivity index is 1.13. The zero-order valence-corrected chi connectivity index (χ0v) is 29.5. The minimum Gasteiger partial charge on any atom is -0.354 e. The lowest BCUT2D eigenvalue weighted by Crippen LogP contribution is -1.98. The lowest BCUT2D eigenvalue weighted by atomic mass is 9.86.